The van der Waals surface area contributed by atoms with Gasteiger partial charge in [-0.25, -0.2) is 9.67 Å². The number of nitrogens with zero attached hydrogens (tertiary/aromatic N) is 4. The highest BCUT2D eigenvalue weighted by atomic mass is 16.2. The van der Waals surface area contributed by atoms with Gasteiger partial charge in [0.15, 0.2) is 5.65 Å². The van der Waals surface area contributed by atoms with E-state index in [4.69, 9.17) is 0 Å². The van der Waals surface area contributed by atoms with E-state index in [2.05, 4.69) is 21.5 Å². The van der Waals surface area contributed by atoms with Crippen molar-refractivity contribution in [2.75, 3.05) is 5.32 Å². The average molecular weight is 401 g/mol. The Labute approximate surface area is 174 Å². The van der Waals surface area contributed by atoms with Crippen molar-refractivity contribution >= 4 is 22.6 Å². The van der Waals surface area contributed by atoms with Crippen LogP contribution >= 0.6 is 0 Å². The summed E-state index contributed by atoms with van der Waals surface area (Å²) in [6.07, 6.45) is 2.90. The number of anilines is 1. The molecule has 0 unspecified atom stereocenters. The Kier molecular flexibility index (Phi) is 4.95. The number of benzene rings is 2. The first-order valence-electron chi connectivity index (χ1n) is 9.71. The number of nitrogens with one attached hydrogen (secondary N) is 1. The van der Waals surface area contributed by atoms with Crippen LogP contribution in [0.15, 0.2) is 53.7 Å². The van der Waals surface area contributed by atoms with Gasteiger partial charge >= 0.3 is 0 Å². The fourth-order valence-corrected chi connectivity index (χ4v) is 3.50. The fourth-order valence-electron chi connectivity index (χ4n) is 3.50. The molecule has 0 aliphatic heterocycles. The van der Waals surface area contributed by atoms with E-state index in [1.54, 1.807) is 4.68 Å². The summed E-state index contributed by atoms with van der Waals surface area (Å²) >= 11 is 0. The number of hydrogen-bond acceptors (Lipinski definition) is 4. The Morgan fingerprint density at radius 2 is 1.73 bits per heavy atom. The molecule has 0 fully saturated rings. The van der Waals surface area contributed by atoms with Crippen molar-refractivity contribution in [1.29, 1.82) is 0 Å². The van der Waals surface area contributed by atoms with Gasteiger partial charge in [-0.15, -0.1) is 0 Å². The minimum absolute atomic E-state index is 0.121. The normalized spacial score (nSPS) is 11.1. The summed E-state index contributed by atoms with van der Waals surface area (Å²) in [5.41, 5.74) is 5.99. The first-order chi connectivity index (χ1) is 14.3. The Bertz CT molecular complexity index is 1330. The van der Waals surface area contributed by atoms with Crippen LogP contribution in [0.25, 0.3) is 16.7 Å². The smallest absolute Gasteiger partial charge is 0.264 e. The summed E-state index contributed by atoms with van der Waals surface area (Å²) in [6, 6.07) is 11.9. The fraction of sp³-hybridized carbons (Fsp3) is 0.217. The van der Waals surface area contributed by atoms with E-state index in [0.29, 0.717) is 11.0 Å². The molecule has 4 aromatic rings. The number of aryl methyl sites for hydroxylation is 4. The van der Waals surface area contributed by atoms with Crippen molar-refractivity contribution < 1.29 is 4.79 Å². The van der Waals surface area contributed by atoms with E-state index < -0.39 is 0 Å². The maximum atomic E-state index is 12.9. The number of amides is 1. The Hall–Kier alpha value is -3.74. The van der Waals surface area contributed by atoms with Crippen LogP contribution in [-0.4, -0.2) is 25.2 Å². The van der Waals surface area contributed by atoms with Crippen LogP contribution in [0, 0.1) is 27.7 Å². The number of rotatable bonds is 4. The van der Waals surface area contributed by atoms with Crippen LogP contribution in [0.2, 0.25) is 0 Å². The molecule has 2 aromatic carbocycles. The zero-order valence-corrected chi connectivity index (χ0v) is 17.4. The summed E-state index contributed by atoms with van der Waals surface area (Å²) in [5, 5.41) is 7.61. The summed E-state index contributed by atoms with van der Waals surface area (Å²) in [7, 11) is 0. The zero-order valence-electron chi connectivity index (χ0n) is 17.4. The second-order valence-corrected chi connectivity index (χ2v) is 7.63. The highest BCUT2D eigenvalue weighted by molar-refractivity contribution is 5.91. The molecule has 7 nitrogen and oxygen atoms in total. The minimum Gasteiger partial charge on any atom is -0.324 e. The predicted octanol–water partition coefficient (Wildman–Crippen LogP) is 3.45. The van der Waals surface area contributed by atoms with Gasteiger partial charge in [-0.1, -0.05) is 29.8 Å². The Morgan fingerprint density at radius 3 is 2.50 bits per heavy atom. The quantitative estimate of drug-likeness (QED) is 0.568. The molecule has 1 N–H and O–H groups in total. The van der Waals surface area contributed by atoms with Crippen LogP contribution in [0.3, 0.4) is 0 Å². The molecule has 152 valence electrons. The molecule has 30 heavy (non-hydrogen) atoms. The van der Waals surface area contributed by atoms with Gasteiger partial charge in [0.2, 0.25) is 5.91 Å². The molecule has 4 rings (SSSR count). The molecule has 0 aliphatic carbocycles. The van der Waals surface area contributed by atoms with E-state index >= 15 is 0 Å². The monoisotopic (exact) mass is 401 g/mol. The Morgan fingerprint density at radius 1 is 1.00 bits per heavy atom. The van der Waals surface area contributed by atoms with Gasteiger partial charge < -0.3 is 5.32 Å². The zero-order chi connectivity index (χ0) is 21.4. The summed E-state index contributed by atoms with van der Waals surface area (Å²) in [4.78, 5) is 29.8. The van der Waals surface area contributed by atoms with Crippen molar-refractivity contribution in [3.8, 4) is 5.69 Å². The third-order valence-corrected chi connectivity index (χ3v) is 5.12. The molecule has 7 heteroatoms. The lowest BCUT2D eigenvalue weighted by Crippen LogP contribution is -2.28. The van der Waals surface area contributed by atoms with E-state index in [9.17, 15) is 9.59 Å². The van der Waals surface area contributed by atoms with Gasteiger partial charge in [-0.05, 0) is 56.5 Å². The molecule has 1 amide bonds. The highest BCUT2D eigenvalue weighted by Gasteiger charge is 2.15. The SMILES string of the molecule is Cc1ccc(-n2ncc3c(=O)n(CC(=O)Nc4cc(C)ccc4C)cnc32)c(C)c1. The molecule has 0 aliphatic rings. The molecule has 2 heterocycles. The average Bonchev–Trinajstić information content (AvgIpc) is 3.11. The van der Waals surface area contributed by atoms with E-state index in [1.807, 2.05) is 58.0 Å². The van der Waals surface area contributed by atoms with Gasteiger partial charge in [0.05, 0.1) is 11.9 Å². The standard InChI is InChI=1S/C23H23N5O2/c1-14-6-8-20(17(4)9-14)28-22-18(11-25-28)23(30)27(13-24-22)12-21(29)26-19-10-15(2)5-7-16(19)3/h5-11,13H,12H2,1-4H3,(H,26,29). The summed E-state index contributed by atoms with van der Waals surface area (Å²) in [5.74, 6) is -0.284. The van der Waals surface area contributed by atoms with Crippen molar-refractivity contribution in [1.82, 2.24) is 19.3 Å². The maximum absolute atomic E-state index is 12.9. The minimum atomic E-state index is -0.299. The lowest BCUT2D eigenvalue weighted by Gasteiger charge is -2.11. The van der Waals surface area contributed by atoms with Gasteiger partial charge in [0.1, 0.15) is 18.3 Å². The first-order valence-corrected chi connectivity index (χ1v) is 9.71. The topological polar surface area (TPSA) is 81.8 Å². The molecular formula is C23H23N5O2. The molecule has 0 spiro atoms. The molecule has 0 atom stereocenters. The van der Waals surface area contributed by atoms with E-state index in [-0.39, 0.29) is 18.0 Å². The van der Waals surface area contributed by atoms with Gasteiger partial charge in [-0.3, -0.25) is 14.2 Å². The lowest BCUT2D eigenvalue weighted by atomic mass is 10.1. The number of fused-ring (bicyclic) bond motifs is 1. The van der Waals surface area contributed by atoms with E-state index in [1.165, 1.54) is 17.1 Å². The first kappa shape index (κ1) is 19.6. The van der Waals surface area contributed by atoms with Crippen LogP contribution in [0.1, 0.15) is 22.3 Å². The maximum Gasteiger partial charge on any atom is 0.264 e. The largest absolute Gasteiger partial charge is 0.324 e. The number of carbonyl (C=O) groups is 1. The van der Waals surface area contributed by atoms with Crippen LogP contribution in [-0.2, 0) is 11.3 Å². The van der Waals surface area contributed by atoms with Crippen LogP contribution < -0.4 is 10.9 Å². The number of aromatic nitrogens is 4. The third kappa shape index (κ3) is 3.61. The molecule has 0 saturated heterocycles. The van der Waals surface area contributed by atoms with Crippen molar-refractivity contribution in [2.24, 2.45) is 0 Å². The highest BCUT2D eigenvalue weighted by Crippen LogP contribution is 2.19. The summed E-state index contributed by atoms with van der Waals surface area (Å²) in [6.45, 7) is 7.79. The third-order valence-electron chi connectivity index (χ3n) is 5.12. The van der Waals surface area contributed by atoms with Crippen LogP contribution in [0.5, 0.6) is 0 Å². The van der Waals surface area contributed by atoms with E-state index in [0.717, 1.165) is 33.6 Å². The van der Waals surface area contributed by atoms with Gasteiger partial charge in [0, 0.05) is 5.69 Å². The Balaban J connectivity index is 1.64. The van der Waals surface area contributed by atoms with Crippen LogP contribution in [0.4, 0.5) is 5.69 Å². The molecule has 2 aromatic heterocycles. The van der Waals surface area contributed by atoms with Crippen molar-refractivity contribution in [3.63, 3.8) is 0 Å². The number of hydrogen-bond donors (Lipinski definition) is 1. The van der Waals surface area contributed by atoms with Gasteiger partial charge in [-0.2, -0.15) is 5.10 Å². The predicted molar refractivity (Wildman–Crippen MR) is 117 cm³/mol. The number of carbonyl (C=O) groups excluding carboxylic acids is 1. The molecule has 0 saturated carbocycles. The molecule has 0 radical (unpaired) electrons. The lowest BCUT2D eigenvalue weighted by molar-refractivity contribution is -0.116. The second-order valence-electron chi connectivity index (χ2n) is 7.63. The summed E-state index contributed by atoms with van der Waals surface area (Å²) < 4.78 is 2.96. The molecular weight excluding hydrogens is 378 g/mol. The van der Waals surface area contributed by atoms with Gasteiger partial charge in [0.25, 0.3) is 5.56 Å². The molecule has 0 bridgehead atoms. The van der Waals surface area contributed by atoms with Crippen molar-refractivity contribution in [2.45, 2.75) is 34.2 Å². The second kappa shape index (κ2) is 7.59. The van der Waals surface area contributed by atoms with Crippen molar-refractivity contribution in [3.05, 3.63) is 81.5 Å².